The minimum atomic E-state index is -0.0744. The Balaban J connectivity index is 3.03. The van der Waals surface area contributed by atoms with E-state index in [0.29, 0.717) is 12.2 Å². The molecule has 154 valence electrons. The van der Waals surface area contributed by atoms with Crippen molar-refractivity contribution in [2.24, 2.45) is 0 Å². The molecule has 0 fully saturated rings. The van der Waals surface area contributed by atoms with Crippen molar-refractivity contribution < 1.29 is 14.3 Å². The molecule has 26 heavy (non-hydrogen) atoms. The van der Waals surface area contributed by atoms with Crippen molar-refractivity contribution in [2.75, 3.05) is 7.11 Å². The zero-order valence-corrected chi connectivity index (χ0v) is 17.7. The smallest absolute Gasteiger partial charge is 0.305 e. The van der Waals surface area contributed by atoms with Gasteiger partial charge in [-0.25, -0.2) is 0 Å². The Hall–Kier alpha value is -0.860. The largest absolute Gasteiger partial charge is 0.469 e. The molecule has 0 rings (SSSR count). The number of esters is 1. The summed E-state index contributed by atoms with van der Waals surface area (Å²) in [5, 5.41) is 0. The Bertz CT molecular complexity index is 325. The molecule has 0 atom stereocenters. The molecule has 0 N–H and O–H groups in total. The number of ether oxygens (including phenoxy) is 1. The Labute approximate surface area is 162 Å². The molecule has 0 aromatic rings. The second-order valence-electron chi connectivity index (χ2n) is 7.79. The van der Waals surface area contributed by atoms with E-state index in [4.69, 9.17) is 0 Å². The number of unbranched alkanes of at least 4 members (excludes halogenated alkanes) is 16. The average Bonchev–Trinajstić information content (AvgIpc) is 2.63. The van der Waals surface area contributed by atoms with Crippen LogP contribution < -0.4 is 0 Å². The van der Waals surface area contributed by atoms with Gasteiger partial charge >= 0.3 is 5.97 Å². The van der Waals surface area contributed by atoms with Crippen molar-refractivity contribution in [3.05, 3.63) is 0 Å². The van der Waals surface area contributed by atoms with Gasteiger partial charge in [-0.3, -0.25) is 4.79 Å². The Morgan fingerprint density at radius 2 is 0.769 bits per heavy atom. The van der Waals surface area contributed by atoms with Crippen molar-refractivity contribution in [3.63, 3.8) is 0 Å². The van der Waals surface area contributed by atoms with Crippen molar-refractivity contribution in [1.82, 2.24) is 0 Å². The van der Waals surface area contributed by atoms with Gasteiger partial charge in [-0.1, -0.05) is 96.3 Å². The predicted octanol–water partition coefficient (Wildman–Crippen LogP) is 7.16. The number of hydrogen-bond donors (Lipinski definition) is 0. The van der Waals surface area contributed by atoms with Crippen LogP contribution in [0.25, 0.3) is 0 Å². The van der Waals surface area contributed by atoms with E-state index in [0.717, 1.165) is 25.7 Å². The molecule has 3 nitrogen and oxygen atoms in total. The average molecular weight is 369 g/mol. The summed E-state index contributed by atoms with van der Waals surface area (Å²) in [6, 6.07) is 0. The topological polar surface area (TPSA) is 43.4 Å². The number of methoxy groups -OCH3 is 1. The third-order valence-electron chi connectivity index (χ3n) is 5.14. The molecule has 0 aromatic heterocycles. The molecule has 0 saturated heterocycles. The minimum Gasteiger partial charge on any atom is -0.469 e. The molecule has 0 unspecified atom stereocenters. The van der Waals surface area contributed by atoms with E-state index in [1.165, 1.54) is 97.0 Å². The number of hydrogen-bond acceptors (Lipinski definition) is 3. The first-order chi connectivity index (χ1) is 12.7. The fourth-order valence-electron chi connectivity index (χ4n) is 3.40. The van der Waals surface area contributed by atoms with Gasteiger partial charge in [0.05, 0.1) is 7.11 Å². The number of Topliss-reactive ketones (excluding diaryl/α,β-unsaturated/α-hetero) is 1. The van der Waals surface area contributed by atoms with Crippen molar-refractivity contribution in [3.8, 4) is 0 Å². The Kier molecular flexibility index (Phi) is 19.8. The fourth-order valence-corrected chi connectivity index (χ4v) is 3.40. The van der Waals surface area contributed by atoms with Gasteiger partial charge in [0.2, 0.25) is 0 Å². The molecular weight excluding hydrogens is 324 g/mol. The lowest BCUT2D eigenvalue weighted by molar-refractivity contribution is -0.140. The summed E-state index contributed by atoms with van der Waals surface area (Å²) in [6.45, 7) is 1.69. The van der Waals surface area contributed by atoms with Gasteiger partial charge < -0.3 is 9.53 Å². The first-order valence-corrected chi connectivity index (χ1v) is 11.2. The van der Waals surface area contributed by atoms with Crippen LogP contribution in [-0.2, 0) is 14.3 Å². The van der Waals surface area contributed by atoms with E-state index in [2.05, 4.69) is 4.74 Å². The maximum Gasteiger partial charge on any atom is 0.305 e. The lowest BCUT2D eigenvalue weighted by Crippen LogP contribution is -1.99. The van der Waals surface area contributed by atoms with Gasteiger partial charge in [0.1, 0.15) is 5.78 Å². The zero-order valence-electron chi connectivity index (χ0n) is 17.7. The summed E-state index contributed by atoms with van der Waals surface area (Å²) in [5.74, 6) is 0.260. The normalized spacial score (nSPS) is 10.8. The number of ketones is 1. The van der Waals surface area contributed by atoms with Crippen molar-refractivity contribution in [2.45, 2.75) is 129 Å². The predicted molar refractivity (Wildman–Crippen MR) is 110 cm³/mol. The van der Waals surface area contributed by atoms with Gasteiger partial charge in [-0.05, 0) is 19.8 Å². The van der Waals surface area contributed by atoms with Crippen LogP contribution in [0.4, 0.5) is 0 Å². The van der Waals surface area contributed by atoms with Crippen LogP contribution in [0, 0.1) is 0 Å². The number of carbonyl (C=O) groups is 2. The molecule has 0 aliphatic carbocycles. The van der Waals surface area contributed by atoms with Crippen LogP contribution >= 0.6 is 0 Å². The highest BCUT2D eigenvalue weighted by molar-refractivity contribution is 5.75. The number of carbonyl (C=O) groups excluding carboxylic acids is 2. The molecule has 0 bridgehead atoms. The maximum absolute atomic E-state index is 11.0. The van der Waals surface area contributed by atoms with Crippen LogP contribution in [0.15, 0.2) is 0 Å². The third-order valence-corrected chi connectivity index (χ3v) is 5.14. The maximum atomic E-state index is 11.0. The lowest BCUT2D eigenvalue weighted by atomic mass is 10.0. The molecule has 0 spiro atoms. The SMILES string of the molecule is COC(=O)CCCCCCCCCCCCCCCCCCCC(C)=O. The van der Waals surface area contributed by atoms with Crippen LogP contribution in [0.3, 0.4) is 0 Å². The van der Waals surface area contributed by atoms with E-state index < -0.39 is 0 Å². The summed E-state index contributed by atoms with van der Waals surface area (Å²) in [4.78, 5) is 21.8. The highest BCUT2D eigenvalue weighted by Crippen LogP contribution is 2.14. The molecular formula is C23H44O3. The first-order valence-electron chi connectivity index (χ1n) is 11.2. The lowest BCUT2D eigenvalue weighted by Gasteiger charge is -2.04. The minimum absolute atomic E-state index is 0.0744. The molecule has 3 heteroatoms. The molecule has 0 heterocycles. The highest BCUT2D eigenvalue weighted by Gasteiger charge is 1.99. The van der Waals surface area contributed by atoms with Gasteiger partial charge in [0, 0.05) is 12.8 Å². The van der Waals surface area contributed by atoms with E-state index >= 15 is 0 Å². The van der Waals surface area contributed by atoms with E-state index in [9.17, 15) is 9.59 Å². The molecule has 0 saturated carbocycles. The molecule has 0 aliphatic heterocycles. The Morgan fingerprint density at radius 3 is 1.04 bits per heavy atom. The monoisotopic (exact) mass is 368 g/mol. The van der Waals surface area contributed by atoms with Gasteiger partial charge in [-0.2, -0.15) is 0 Å². The van der Waals surface area contributed by atoms with Gasteiger partial charge in [-0.15, -0.1) is 0 Å². The zero-order chi connectivity index (χ0) is 19.3. The quantitative estimate of drug-likeness (QED) is 0.169. The molecule has 0 aliphatic rings. The molecule has 0 amide bonds. The van der Waals surface area contributed by atoms with Crippen LogP contribution in [0.5, 0.6) is 0 Å². The highest BCUT2D eigenvalue weighted by atomic mass is 16.5. The summed E-state index contributed by atoms with van der Waals surface area (Å²) in [6.07, 6.45) is 23.5. The van der Waals surface area contributed by atoms with Crippen molar-refractivity contribution in [1.29, 1.82) is 0 Å². The van der Waals surface area contributed by atoms with Crippen LogP contribution in [-0.4, -0.2) is 18.9 Å². The second kappa shape index (κ2) is 20.5. The van der Waals surface area contributed by atoms with E-state index in [1.54, 1.807) is 6.92 Å². The van der Waals surface area contributed by atoms with Crippen molar-refractivity contribution >= 4 is 11.8 Å². The first kappa shape index (κ1) is 25.1. The summed E-state index contributed by atoms with van der Waals surface area (Å²) >= 11 is 0. The van der Waals surface area contributed by atoms with Gasteiger partial charge in [0.15, 0.2) is 0 Å². The Morgan fingerprint density at radius 1 is 0.500 bits per heavy atom. The van der Waals surface area contributed by atoms with Crippen LogP contribution in [0.1, 0.15) is 129 Å². The summed E-state index contributed by atoms with van der Waals surface area (Å²) in [5.41, 5.74) is 0. The molecule has 0 aromatic carbocycles. The van der Waals surface area contributed by atoms with E-state index in [-0.39, 0.29) is 5.97 Å². The summed E-state index contributed by atoms with van der Waals surface area (Å²) < 4.78 is 4.64. The van der Waals surface area contributed by atoms with E-state index in [1.807, 2.05) is 0 Å². The standard InChI is InChI=1S/C23H44O3/c1-22(24)20-18-16-14-12-10-8-6-4-3-5-7-9-11-13-15-17-19-21-23(25)26-2/h3-21H2,1-2H3. The summed E-state index contributed by atoms with van der Waals surface area (Å²) in [7, 11) is 1.46. The number of rotatable bonds is 20. The fraction of sp³-hybridized carbons (Fsp3) is 0.913. The van der Waals surface area contributed by atoms with Gasteiger partial charge in [0.25, 0.3) is 0 Å². The molecule has 0 radical (unpaired) electrons. The second-order valence-corrected chi connectivity index (χ2v) is 7.79. The third kappa shape index (κ3) is 21.2. The van der Waals surface area contributed by atoms with Crippen LogP contribution in [0.2, 0.25) is 0 Å².